The zero-order valence-electron chi connectivity index (χ0n) is 9.92. The van der Waals surface area contributed by atoms with E-state index in [0.717, 1.165) is 11.3 Å². The van der Waals surface area contributed by atoms with E-state index >= 15 is 0 Å². The molecular formula is C10H19N3OS. The van der Waals surface area contributed by atoms with E-state index in [1.165, 1.54) is 0 Å². The lowest BCUT2D eigenvalue weighted by atomic mass is 10.2. The van der Waals surface area contributed by atoms with Gasteiger partial charge in [-0.05, 0) is 40.2 Å². The van der Waals surface area contributed by atoms with Crippen LogP contribution in [0.4, 0.5) is 0 Å². The lowest BCUT2D eigenvalue weighted by molar-refractivity contribution is 0.528. The maximum absolute atomic E-state index is 11.8. The van der Waals surface area contributed by atoms with Crippen LogP contribution in [0.2, 0.25) is 0 Å². The van der Waals surface area contributed by atoms with Crippen LogP contribution in [0.15, 0.2) is 6.20 Å². The molecule has 0 spiro atoms. The molecule has 1 aromatic rings. The molecule has 4 nitrogen and oxygen atoms in total. The molecule has 5 heteroatoms. The van der Waals surface area contributed by atoms with Crippen molar-refractivity contribution in [3.63, 3.8) is 0 Å². The third-order valence-corrected chi connectivity index (χ3v) is 3.80. The van der Waals surface area contributed by atoms with Crippen molar-refractivity contribution in [2.45, 2.75) is 45.4 Å². The largest absolute Gasteiger partial charge is 0.598 e. The molecule has 0 aliphatic carbocycles. The fraction of sp³-hybridized carbons (Fsp3) is 0.700. The summed E-state index contributed by atoms with van der Waals surface area (Å²) >= 11 is -1.06. The first kappa shape index (κ1) is 12.5. The van der Waals surface area contributed by atoms with E-state index in [4.69, 9.17) is 0 Å². The molecule has 1 heterocycles. The molecule has 0 aliphatic rings. The Morgan fingerprint density at radius 2 is 2.13 bits per heavy atom. The summed E-state index contributed by atoms with van der Waals surface area (Å²) in [4.78, 5) is 0. The maximum atomic E-state index is 11.8. The molecule has 0 bridgehead atoms. The standard InChI is InChI=1S/C10H19N3OS/c1-7-6-11-12-9(7)8(2)13-15(14)10(3,4)5/h6,8,13H,1-5H3,(H,11,12)/t8?,15-/m0/s1. The predicted octanol–water partition coefficient (Wildman–Crippen LogP) is 1.83. The number of nitrogens with one attached hydrogen (secondary N) is 2. The minimum atomic E-state index is -1.06. The monoisotopic (exact) mass is 229 g/mol. The highest BCUT2D eigenvalue weighted by Crippen LogP contribution is 2.19. The quantitative estimate of drug-likeness (QED) is 0.777. The molecule has 1 unspecified atom stereocenters. The minimum absolute atomic E-state index is 0.00342. The maximum Gasteiger partial charge on any atom is 0.136 e. The Balaban J connectivity index is 2.64. The number of aromatic nitrogens is 2. The van der Waals surface area contributed by atoms with Crippen molar-refractivity contribution >= 4 is 11.4 Å². The van der Waals surface area contributed by atoms with E-state index in [0.29, 0.717) is 0 Å². The molecule has 0 aromatic carbocycles. The molecule has 86 valence electrons. The normalized spacial score (nSPS) is 16.4. The van der Waals surface area contributed by atoms with Gasteiger partial charge in [0.05, 0.1) is 11.7 Å². The van der Waals surface area contributed by atoms with Gasteiger partial charge in [-0.15, -0.1) is 4.72 Å². The van der Waals surface area contributed by atoms with Gasteiger partial charge in [-0.3, -0.25) is 5.10 Å². The Morgan fingerprint density at radius 1 is 1.53 bits per heavy atom. The summed E-state index contributed by atoms with van der Waals surface area (Å²) in [6, 6.07) is -0.00342. The zero-order chi connectivity index (χ0) is 11.6. The number of hydrogen-bond acceptors (Lipinski definition) is 3. The zero-order valence-corrected chi connectivity index (χ0v) is 10.7. The van der Waals surface area contributed by atoms with Crippen molar-refractivity contribution in [2.75, 3.05) is 0 Å². The van der Waals surface area contributed by atoms with Gasteiger partial charge < -0.3 is 4.55 Å². The summed E-state index contributed by atoms with van der Waals surface area (Å²) < 4.78 is 14.6. The van der Waals surface area contributed by atoms with Crippen molar-refractivity contribution in [2.24, 2.45) is 0 Å². The van der Waals surface area contributed by atoms with Crippen LogP contribution >= 0.6 is 0 Å². The van der Waals surface area contributed by atoms with Crippen LogP contribution in [-0.2, 0) is 11.4 Å². The third-order valence-electron chi connectivity index (χ3n) is 2.12. The highest BCUT2D eigenvalue weighted by molar-refractivity contribution is 7.90. The summed E-state index contributed by atoms with van der Waals surface area (Å²) in [5.41, 5.74) is 2.01. The molecule has 0 saturated heterocycles. The average molecular weight is 229 g/mol. The number of rotatable bonds is 3. The average Bonchev–Trinajstić information content (AvgIpc) is 2.49. The molecule has 0 radical (unpaired) electrons. The first-order valence-corrected chi connectivity index (χ1v) is 6.15. The van der Waals surface area contributed by atoms with E-state index in [-0.39, 0.29) is 10.8 Å². The number of aromatic amines is 1. The van der Waals surface area contributed by atoms with Crippen LogP contribution in [0.3, 0.4) is 0 Å². The molecule has 0 fully saturated rings. The van der Waals surface area contributed by atoms with E-state index in [2.05, 4.69) is 14.9 Å². The minimum Gasteiger partial charge on any atom is -0.598 e. The summed E-state index contributed by atoms with van der Waals surface area (Å²) in [6.45, 7) is 9.78. The molecular weight excluding hydrogens is 210 g/mol. The summed E-state index contributed by atoms with van der Waals surface area (Å²) in [5, 5.41) is 6.93. The topological polar surface area (TPSA) is 63.8 Å². The van der Waals surface area contributed by atoms with Crippen molar-refractivity contribution < 1.29 is 4.55 Å². The van der Waals surface area contributed by atoms with Crippen LogP contribution in [0.5, 0.6) is 0 Å². The first-order valence-electron chi connectivity index (χ1n) is 5.00. The van der Waals surface area contributed by atoms with Crippen molar-refractivity contribution in [1.82, 2.24) is 14.9 Å². The van der Waals surface area contributed by atoms with E-state index in [1.807, 2.05) is 40.8 Å². The lowest BCUT2D eigenvalue weighted by Gasteiger charge is -2.26. The Hall–Kier alpha value is -0.520. The second-order valence-corrected chi connectivity index (χ2v) is 6.67. The third kappa shape index (κ3) is 3.22. The van der Waals surface area contributed by atoms with Gasteiger partial charge in [0.25, 0.3) is 0 Å². The van der Waals surface area contributed by atoms with E-state index in [1.54, 1.807) is 0 Å². The van der Waals surface area contributed by atoms with Gasteiger partial charge >= 0.3 is 0 Å². The Morgan fingerprint density at radius 3 is 2.53 bits per heavy atom. The fourth-order valence-corrected chi connectivity index (χ4v) is 1.98. The van der Waals surface area contributed by atoms with Crippen LogP contribution < -0.4 is 4.72 Å². The summed E-state index contributed by atoms with van der Waals surface area (Å²) in [7, 11) is 0. The second-order valence-electron chi connectivity index (χ2n) is 4.67. The molecule has 15 heavy (non-hydrogen) atoms. The van der Waals surface area contributed by atoms with Gasteiger partial charge in [0.15, 0.2) is 0 Å². The smallest absolute Gasteiger partial charge is 0.136 e. The highest BCUT2D eigenvalue weighted by Gasteiger charge is 2.29. The van der Waals surface area contributed by atoms with Gasteiger partial charge in [-0.1, -0.05) is 0 Å². The molecule has 1 rings (SSSR count). The van der Waals surface area contributed by atoms with Crippen molar-refractivity contribution in [1.29, 1.82) is 0 Å². The predicted molar refractivity (Wildman–Crippen MR) is 62.8 cm³/mol. The Kier molecular flexibility index (Phi) is 3.81. The van der Waals surface area contributed by atoms with Crippen LogP contribution in [-0.4, -0.2) is 19.5 Å². The number of nitrogens with zero attached hydrogens (tertiary/aromatic N) is 1. The Bertz CT molecular complexity index is 319. The van der Waals surface area contributed by atoms with E-state index < -0.39 is 11.4 Å². The number of H-pyrrole nitrogens is 1. The second kappa shape index (κ2) is 4.55. The van der Waals surface area contributed by atoms with Gasteiger partial charge in [0.2, 0.25) is 0 Å². The van der Waals surface area contributed by atoms with Gasteiger partial charge in [-0.2, -0.15) is 5.10 Å². The van der Waals surface area contributed by atoms with Crippen LogP contribution in [0.1, 0.15) is 45.0 Å². The van der Waals surface area contributed by atoms with Crippen LogP contribution in [0, 0.1) is 6.92 Å². The number of hydrogen-bond donors (Lipinski definition) is 2. The molecule has 2 N–H and O–H groups in total. The molecule has 0 aliphatic heterocycles. The summed E-state index contributed by atoms with van der Waals surface area (Å²) in [6.07, 6.45) is 1.84. The summed E-state index contributed by atoms with van der Waals surface area (Å²) in [5.74, 6) is 0. The van der Waals surface area contributed by atoms with Crippen molar-refractivity contribution in [3.8, 4) is 0 Å². The van der Waals surface area contributed by atoms with Gasteiger partial charge in [0.1, 0.15) is 4.75 Å². The van der Waals surface area contributed by atoms with E-state index in [9.17, 15) is 4.55 Å². The molecule has 0 amide bonds. The lowest BCUT2D eigenvalue weighted by Crippen LogP contribution is -2.40. The number of aryl methyl sites for hydroxylation is 1. The van der Waals surface area contributed by atoms with Gasteiger partial charge in [-0.25, -0.2) is 0 Å². The first-order chi connectivity index (χ1) is 6.82. The van der Waals surface area contributed by atoms with Gasteiger partial charge in [0, 0.05) is 17.6 Å². The Labute approximate surface area is 94.2 Å². The van der Waals surface area contributed by atoms with Crippen molar-refractivity contribution in [3.05, 3.63) is 17.5 Å². The molecule has 1 aromatic heterocycles. The highest BCUT2D eigenvalue weighted by atomic mass is 32.2. The molecule has 0 saturated carbocycles. The fourth-order valence-electron chi connectivity index (χ4n) is 1.19. The van der Waals surface area contributed by atoms with Crippen LogP contribution in [0.25, 0.3) is 0 Å². The molecule has 2 atom stereocenters. The SMILES string of the molecule is Cc1c[nH]nc1C(C)N[S@@+]([O-])C(C)(C)C.